The number of aromatic amines is 1. The van der Waals surface area contributed by atoms with E-state index in [2.05, 4.69) is 36.0 Å². The quantitative estimate of drug-likeness (QED) is 0.695. The van der Waals surface area contributed by atoms with E-state index in [-0.39, 0.29) is 0 Å². The number of aromatic nitrogens is 2. The second kappa shape index (κ2) is 7.40. The Hall–Kier alpha value is -2.80. The molecule has 0 atom stereocenters. The van der Waals surface area contributed by atoms with Gasteiger partial charge in [0.1, 0.15) is 17.5 Å². The van der Waals surface area contributed by atoms with Crippen LogP contribution in [0.1, 0.15) is 55.3 Å². The fourth-order valence-electron chi connectivity index (χ4n) is 3.44. The number of hydrogen-bond donors (Lipinski definition) is 1. The summed E-state index contributed by atoms with van der Waals surface area (Å²) in [6, 6.07) is 13.9. The number of ether oxygens (including phenoxy) is 1. The molecule has 0 radical (unpaired) electrons. The number of methoxy groups -OCH3 is 1. The molecule has 0 saturated heterocycles. The van der Waals surface area contributed by atoms with Crippen molar-refractivity contribution >= 4 is 10.9 Å². The van der Waals surface area contributed by atoms with E-state index in [1.54, 1.807) is 13.2 Å². The first-order chi connectivity index (χ1) is 12.2. The maximum atomic E-state index is 9.10. The van der Waals surface area contributed by atoms with Crippen molar-refractivity contribution < 1.29 is 4.74 Å². The molecule has 0 spiro atoms. The van der Waals surface area contributed by atoms with Gasteiger partial charge >= 0.3 is 0 Å². The molecule has 4 heteroatoms. The van der Waals surface area contributed by atoms with Gasteiger partial charge in [-0.25, -0.2) is 4.98 Å². The van der Waals surface area contributed by atoms with Gasteiger partial charge in [0.2, 0.25) is 0 Å². The molecule has 0 unspecified atom stereocenters. The third-order valence-corrected chi connectivity index (χ3v) is 4.82. The average Bonchev–Trinajstić information content (AvgIpc) is 3.00. The number of nitriles is 1. The highest BCUT2D eigenvalue weighted by molar-refractivity contribution is 5.86. The van der Waals surface area contributed by atoms with Gasteiger partial charge in [0.05, 0.1) is 7.11 Å². The van der Waals surface area contributed by atoms with E-state index in [1.165, 1.54) is 16.6 Å². The molecule has 1 aromatic carbocycles. The van der Waals surface area contributed by atoms with E-state index in [0.717, 1.165) is 29.8 Å². The van der Waals surface area contributed by atoms with Crippen LogP contribution in [0.15, 0.2) is 36.4 Å². The number of benzene rings is 1. The summed E-state index contributed by atoms with van der Waals surface area (Å²) in [7, 11) is 1.68. The van der Waals surface area contributed by atoms with Crippen molar-refractivity contribution in [1.29, 1.82) is 5.26 Å². The Bertz CT molecular complexity index is 917. The smallest absolute Gasteiger partial charge is 0.140 e. The minimum absolute atomic E-state index is 0.461. The summed E-state index contributed by atoms with van der Waals surface area (Å²) in [6.07, 6.45) is 2.88. The van der Waals surface area contributed by atoms with Crippen LogP contribution in [0.25, 0.3) is 10.9 Å². The van der Waals surface area contributed by atoms with Gasteiger partial charge in [-0.2, -0.15) is 5.26 Å². The number of fused-ring (bicyclic) bond motifs is 1. The van der Waals surface area contributed by atoms with Crippen LogP contribution in [-0.4, -0.2) is 17.1 Å². The second-order valence-electron chi connectivity index (χ2n) is 6.24. The molecule has 0 bridgehead atoms. The SMILES string of the molecule is CCC(CC)c1[nH]c2cc(OC)ccc2c1Cc1cccc(C#N)n1. The first-order valence-corrected chi connectivity index (χ1v) is 8.74. The van der Waals surface area contributed by atoms with Gasteiger partial charge in [-0.3, -0.25) is 0 Å². The van der Waals surface area contributed by atoms with Gasteiger partial charge in [0, 0.05) is 34.8 Å². The second-order valence-corrected chi connectivity index (χ2v) is 6.24. The van der Waals surface area contributed by atoms with Crippen LogP contribution < -0.4 is 4.74 Å². The summed E-state index contributed by atoms with van der Waals surface area (Å²) < 4.78 is 5.36. The average molecular weight is 333 g/mol. The van der Waals surface area contributed by atoms with E-state index in [1.807, 2.05) is 24.3 Å². The topological polar surface area (TPSA) is 61.7 Å². The Morgan fingerprint density at radius 1 is 1.20 bits per heavy atom. The molecule has 0 aliphatic rings. The number of nitrogens with zero attached hydrogens (tertiary/aromatic N) is 2. The lowest BCUT2D eigenvalue weighted by Crippen LogP contribution is -2.02. The van der Waals surface area contributed by atoms with Gasteiger partial charge in [-0.05, 0) is 48.6 Å². The van der Waals surface area contributed by atoms with Crippen LogP contribution in [0.4, 0.5) is 0 Å². The molecule has 0 aliphatic carbocycles. The molecule has 2 heterocycles. The first-order valence-electron chi connectivity index (χ1n) is 8.74. The molecule has 0 amide bonds. The molecule has 0 fully saturated rings. The van der Waals surface area contributed by atoms with Gasteiger partial charge in [-0.1, -0.05) is 19.9 Å². The van der Waals surface area contributed by atoms with Crippen LogP contribution in [0.3, 0.4) is 0 Å². The fraction of sp³-hybridized carbons (Fsp3) is 0.333. The Morgan fingerprint density at radius 2 is 2.00 bits per heavy atom. The molecule has 2 aromatic heterocycles. The zero-order valence-corrected chi connectivity index (χ0v) is 15.0. The summed E-state index contributed by atoms with van der Waals surface area (Å²) in [4.78, 5) is 8.08. The Morgan fingerprint density at radius 3 is 2.68 bits per heavy atom. The Labute approximate surface area is 148 Å². The van der Waals surface area contributed by atoms with Crippen LogP contribution in [0, 0.1) is 11.3 Å². The third-order valence-electron chi connectivity index (χ3n) is 4.82. The summed E-state index contributed by atoms with van der Waals surface area (Å²) >= 11 is 0. The van der Waals surface area contributed by atoms with E-state index in [4.69, 9.17) is 10.00 Å². The van der Waals surface area contributed by atoms with Gasteiger partial charge in [-0.15, -0.1) is 0 Å². The predicted molar refractivity (Wildman–Crippen MR) is 99.9 cm³/mol. The Balaban J connectivity index is 2.12. The van der Waals surface area contributed by atoms with Crippen LogP contribution in [0.5, 0.6) is 5.75 Å². The van der Waals surface area contributed by atoms with Crippen LogP contribution in [0.2, 0.25) is 0 Å². The number of hydrogen-bond acceptors (Lipinski definition) is 3. The summed E-state index contributed by atoms with van der Waals surface area (Å²) in [5, 5.41) is 10.3. The van der Waals surface area contributed by atoms with Crippen molar-refractivity contribution in [1.82, 2.24) is 9.97 Å². The lowest BCUT2D eigenvalue weighted by Gasteiger charge is -2.14. The van der Waals surface area contributed by atoms with Crippen molar-refractivity contribution in [3.05, 3.63) is 59.0 Å². The molecular weight excluding hydrogens is 310 g/mol. The van der Waals surface area contributed by atoms with Gasteiger partial charge in [0.15, 0.2) is 0 Å². The normalized spacial score (nSPS) is 11.0. The van der Waals surface area contributed by atoms with E-state index in [9.17, 15) is 0 Å². The third kappa shape index (κ3) is 3.36. The number of rotatable bonds is 6. The molecular formula is C21H23N3O. The minimum Gasteiger partial charge on any atom is -0.497 e. The van der Waals surface area contributed by atoms with Crippen molar-refractivity contribution in [2.45, 2.75) is 39.0 Å². The van der Waals surface area contributed by atoms with Gasteiger partial charge in [0.25, 0.3) is 0 Å². The summed E-state index contributed by atoms with van der Waals surface area (Å²) in [5.74, 6) is 1.33. The van der Waals surface area contributed by atoms with Crippen molar-refractivity contribution in [2.75, 3.05) is 7.11 Å². The molecule has 1 N–H and O–H groups in total. The predicted octanol–water partition coefficient (Wildman–Crippen LogP) is 4.94. The number of nitrogens with one attached hydrogen (secondary N) is 1. The monoisotopic (exact) mass is 333 g/mol. The standard InChI is InChI=1S/C21H23N3O/c1-4-14(5-2)21-19(11-15-7-6-8-16(13-22)23-15)18-10-9-17(25-3)12-20(18)24-21/h6-10,12,14,24H,4-5,11H2,1-3H3. The number of pyridine rings is 1. The van der Waals surface area contributed by atoms with E-state index in [0.29, 0.717) is 18.0 Å². The van der Waals surface area contributed by atoms with Crippen LogP contribution >= 0.6 is 0 Å². The molecule has 3 rings (SSSR count). The summed E-state index contributed by atoms with van der Waals surface area (Å²) in [5.41, 5.74) is 5.02. The maximum absolute atomic E-state index is 9.10. The zero-order valence-electron chi connectivity index (χ0n) is 15.0. The van der Waals surface area contributed by atoms with Gasteiger partial charge < -0.3 is 9.72 Å². The molecule has 128 valence electrons. The Kier molecular flexibility index (Phi) is 5.04. The number of H-pyrrole nitrogens is 1. The molecule has 3 aromatic rings. The van der Waals surface area contributed by atoms with E-state index < -0.39 is 0 Å². The molecule has 0 aliphatic heterocycles. The zero-order chi connectivity index (χ0) is 17.8. The first kappa shape index (κ1) is 17.0. The van der Waals surface area contributed by atoms with Crippen molar-refractivity contribution in [3.63, 3.8) is 0 Å². The highest BCUT2D eigenvalue weighted by atomic mass is 16.5. The van der Waals surface area contributed by atoms with E-state index >= 15 is 0 Å². The lowest BCUT2D eigenvalue weighted by atomic mass is 9.93. The molecule has 25 heavy (non-hydrogen) atoms. The minimum atomic E-state index is 0.461. The summed E-state index contributed by atoms with van der Waals surface area (Å²) in [6.45, 7) is 4.44. The lowest BCUT2D eigenvalue weighted by molar-refractivity contribution is 0.415. The van der Waals surface area contributed by atoms with Crippen molar-refractivity contribution in [2.24, 2.45) is 0 Å². The fourth-order valence-corrected chi connectivity index (χ4v) is 3.44. The largest absolute Gasteiger partial charge is 0.497 e. The highest BCUT2D eigenvalue weighted by Crippen LogP contribution is 2.34. The molecule has 4 nitrogen and oxygen atoms in total. The van der Waals surface area contributed by atoms with Crippen molar-refractivity contribution in [3.8, 4) is 11.8 Å². The maximum Gasteiger partial charge on any atom is 0.140 e. The van der Waals surface area contributed by atoms with Crippen LogP contribution in [-0.2, 0) is 6.42 Å². The highest BCUT2D eigenvalue weighted by Gasteiger charge is 2.19. The molecule has 0 saturated carbocycles.